The van der Waals surface area contributed by atoms with E-state index in [-0.39, 0.29) is 0 Å². The van der Waals surface area contributed by atoms with E-state index in [1.54, 1.807) is 0 Å². The van der Waals surface area contributed by atoms with Gasteiger partial charge in [-0.05, 0) is 36.9 Å². The van der Waals surface area contributed by atoms with E-state index in [4.69, 9.17) is 4.74 Å². The largest absolute Gasteiger partial charge is 0.491 e. The van der Waals surface area contributed by atoms with Gasteiger partial charge >= 0.3 is 0 Å². The fourth-order valence-corrected chi connectivity index (χ4v) is 2.85. The molecule has 0 fully saturated rings. The SMILES string of the molecule is Cc1cc(C)n(CCOc2cccc3ccccc23)c1C#N. The van der Waals surface area contributed by atoms with Crippen molar-refractivity contribution in [2.75, 3.05) is 6.61 Å². The highest BCUT2D eigenvalue weighted by Gasteiger charge is 2.09. The monoisotopic (exact) mass is 290 g/mol. The zero-order valence-electron chi connectivity index (χ0n) is 12.8. The number of hydrogen-bond acceptors (Lipinski definition) is 2. The fraction of sp³-hybridized carbons (Fsp3) is 0.211. The van der Waals surface area contributed by atoms with E-state index < -0.39 is 0 Å². The number of benzene rings is 2. The zero-order chi connectivity index (χ0) is 15.5. The topological polar surface area (TPSA) is 38.0 Å². The molecular weight excluding hydrogens is 272 g/mol. The molecule has 0 saturated carbocycles. The Morgan fingerprint density at radius 1 is 1.09 bits per heavy atom. The van der Waals surface area contributed by atoms with Gasteiger partial charge < -0.3 is 9.30 Å². The van der Waals surface area contributed by atoms with Crippen LogP contribution in [0.1, 0.15) is 17.0 Å². The van der Waals surface area contributed by atoms with Crippen molar-refractivity contribution >= 4 is 10.8 Å². The molecule has 3 nitrogen and oxygen atoms in total. The van der Waals surface area contributed by atoms with Gasteiger partial charge in [0, 0.05) is 11.1 Å². The normalized spacial score (nSPS) is 10.6. The number of aromatic nitrogens is 1. The minimum Gasteiger partial charge on any atom is -0.491 e. The summed E-state index contributed by atoms with van der Waals surface area (Å²) in [4.78, 5) is 0. The summed E-state index contributed by atoms with van der Waals surface area (Å²) in [6.07, 6.45) is 0. The molecule has 0 N–H and O–H groups in total. The molecule has 0 radical (unpaired) electrons. The molecule has 0 amide bonds. The van der Waals surface area contributed by atoms with Gasteiger partial charge in [-0.2, -0.15) is 5.26 Å². The molecule has 3 rings (SSSR count). The van der Waals surface area contributed by atoms with Gasteiger partial charge in [-0.25, -0.2) is 0 Å². The number of rotatable bonds is 4. The van der Waals surface area contributed by atoms with E-state index in [0.717, 1.165) is 28.1 Å². The Bertz CT molecular complexity index is 850. The number of ether oxygens (including phenoxy) is 1. The van der Waals surface area contributed by atoms with Gasteiger partial charge in [-0.1, -0.05) is 36.4 Å². The number of fused-ring (bicyclic) bond motifs is 1. The molecule has 0 aliphatic heterocycles. The van der Waals surface area contributed by atoms with Gasteiger partial charge in [0.15, 0.2) is 0 Å². The lowest BCUT2D eigenvalue weighted by molar-refractivity contribution is 0.300. The predicted molar refractivity (Wildman–Crippen MR) is 88.1 cm³/mol. The molecule has 1 heterocycles. The molecular formula is C19H18N2O. The second kappa shape index (κ2) is 5.95. The molecule has 110 valence electrons. The molecule has 3 heteroatoms. The second-order valence-electron chi connectivity index (χ2n) is 5.41. The maximum atomic E-state index is 9.26. The van der Waals surface area contributed by atoms with Crippen LogP contribution in [0.15, 0.2) is 48.5 Å². The number of aryl methyl sites for hydroxylation is 2. The van der Waals surface area contributed by atoms with E-state index in [1.165, 1.54) is 5.39 Å². The molecule has 0 aliphatic rings. The zero-order valence-corrected chi connectivity index (χ0v) is 12.8. The van der Waals surface area contributed by atoms with Crippen molar-refractivity contribution in [1.82, 2.24) is 4.57 Å². The summed E-state index contributed by atoms with van der Waals surface area (Å²) in [5.41, 5.74) is 2.83. The Hall–Kier alpha value is -2.73. The van der Waals surface area contributed by atoms with Crippen LogP contribution in [-0.2, 0) is 6.54 Å². The first-order valence-corrected chi connectivity index (χ1v) is 7.38. The van der Waals surface area contributed by atoms with Crippen LogP contribution in [-0.4, -0.2) is 11.2 Å². The average molecular weight is 290 g/mol. The van der Waals surface area contributed by atoms with Gasteiger partial charge in [0.25, 0.3) is 0 Å². The quantitative estimate of drug-likeness (QED) is 0.722. The first-order chi connectivity index (χ1) is 10.7. The van der Waals surface area contributed by atoms with Crippen LogP contribution in [0.25, 0.3) is 10.8 Å². The molecule has 0 unspecified atom stereocenters. The van der Waals surface area contributed by atoms with Crippen LogP contribution in [0.3, 0.4) is 0 Å². The van der Waals surface area contributed by atoms with Crippen molar-refractivity contribution < 1.29 is 4.74 Å². The molecule has 0 bridgehead atoms. The van der Waals surface area contributed by atoms with Crippen molar-refractivity contribution in [1.29, 1.82) is 5.26 Å². The molecule has 0 aliphatic carbocycles. The minimum atomic E-state index is 0.539. The van der Waals surface area contributed by atoms with Gasteiger partial charge in [-0.15, -0.1) is 0 Å². The molecule has 22 heavy (non-hydrogen) atoms. The highest BCUT2D eigenvalue weighted by molar-refractivity contribution is 5.88. The molecule has 0 atom stereocenters. The summed E-state index contributed by atoms with van der Waals surface area (Å²) in [5, 5.41) is 11.5. The van der Waals surface area contributed by atoms with Gasteiger partial charge in [0.1, 0.15) is 24.1 Å². The Morgan fingerprint density at radius 2 is 1.86 bits per heavy atom. The first-order valence-electron chi connectivity index (χ1n) is 7.38. The third-order valence-corrected chi connectivity index (χ3v) is 3.92. The minimum absolute atomic E-state index is 0.539. The van der Waals surface area contributed by atoms with Crippen LogP contribution in [0, 0.1) is 25.2 Å². The average Bonchev–Trinajstić information content (AvgIpc) is 2.81. The Labute approximate surface area is 130 Å². The van der Waals surface area contributed by atoms with E-state index in [0.29, 0.717) is 13.2 Å². The Morgan fingerprint density at radius 3 is 2.68 bits per heavy atom. The predicted octanol–water partition coefficient (Wildman–Crippen LogP) is 4.21. The number of nitrogens with zero attached hydrogens (tertiary/aromatic N) is 2. The highest BCUT2D eigenvalue weighted by atomic mass is 16.5. The molecule has 0 spiro atoms. The standard InChI is InChI=1S/C19H18N2O/c1-14-12-15(2)21(18(14)13-20)10-11-22-19-9-5-7-16-6-3-4-8-17(16)19/h3-9,12H,10-11H2,1-2H3. The lowest BCUT2D eigenvalue weighted by Gasteiger charge is -2.12. The van der Waals surface area contributed by atoms with Crippen LogP contribution in [0.4, 0.5) is 0 Å². The van der Waals surface area contributed by atoms with Crippen LogP contribution in [0.2, 0.25) is 0 Å². The highest BCUT2D eigenvalue weighted by Crippen LogP contribution is 2.25. The summed E-state index contributed by atoms with van der Waals surface area (Å²) in [6.45, 7) is 5.20. The summed E-state index contributed by atoms with van der Waals surface area (Å²) < 4.78 is 7.97. The van der Waals surface area contributed by atoms with Crippen molar-refractivity contribution in [2.24, 2.45) is 0 Å². The summed E-state index contributed by atoms with van der Waals surface area (Å²) in [7, 11) is 0. The lowest BCUT2D eigenvalue weighted by Crippen LogP contribution is -2.11. The van der Waals surface area contributed by atoms with Crippen molar-refractivity contribution in [3.05, 3.63) is 65.5 Å². The van der Waals surface area contributed by atoms with E-state index in [9.17, 15) is 5.26 Å². The maximum Gasteiger partial charge on any atom is 0.127 e. The summed E-state index contributed by atoms with van der Waals surface area (Å²) >= 11 is 0. The van der Waals surface area contributed by atoms with Crippen molar-refractivity contribution in [3.63, 3.8) is 0 Å². The molecule has 2 aromatic carbocycles. The summed E-state index contributed by atoms with van der Waals surface area (Å²) in [5.74, 6) is 0.887. The Balaban J connectivity index is 1.77. The number of hydrogen-bond donors (Lipinski definition) is 0. The van der Waals surface area contributed by atoms with Crippen molar-refractivity contribution in [3.8, 4) is 11.8 Å². The van der Waals surface area contributed by atoms with Crippen LogP contribution < -0.4 is 4.74 Å². The summed E-state index contributed by atoms with van der Waals surface area (Å²) in [6, 6.07) is 18.6. The third kappa shape index (κ3) is 2.56. The van der Waals surface area contributed by atoms with E-state index in [1.807, 2.05) is 48.7 Å². The second-order valence-corrected chi connectivity index (χ2v) is 5.41. The van der Waals surface area contributed by atoms with Crippen LogP contribution in [0.5, 0.6) is 5.75 Å². The fourth-order valence-electron chi connectivity index (χ4n) is 2.85. The van der Waals surface area contributed by atoms with Crippen LogP contribution >= 0.6 is 0 Å². The Kier molecular flexibility index (Phi) is 3.84. The lowest BCUT2D eigenvalue weighted by atomic mass is 10.1. The van der Waals surface area contributed by atoms with Crippen molar-refractivity contribution in [2.45, 2.75) is 20.4 Å². The first kappa shape index (κ1) is 14.2. The van der Waals surface area contributed by atoms with Gasteiger partial charge in [0.05, 0.1) is 6.54 Å². The molecule has 1 aromatic heterocycles. The number of nitriles is 1. The third-order valence-electron chi connectivity index (χ3n) is 3.92. The van der Waals surface area contributed by atoms with Gasteiger partial charge in [-0.3, -0.25) is 0 Å². The smallest absolute Gasteiger partial charge is 0.127 e. The van der Waals surface area contributed by atoms with E-state index in [2.05, 4.69) is 24.3 Å². The maximum absolute atomic E-state index is 9.26. The molecule has 3 aromatic rings. The molecule has 0 saturated heterocycles. The van der Waals surface area contributed by atoms with Gasteiger partial charge in [0.2, 0.25) is 0 Å². The van der Waals surface area contributed by atoms with E-state index >= 15 is 0 Å².